The lowest BCUT2D eigenvalue weighted by molar-refractivity contribution is -0.0255. The summed E-state index contributed by atoms with van der Waals surface area (Å²) >= 11 is 0. The minimum absolute atomic E-state index is 0.0532. The summed E-state index contributed by atoms with van der Waals surface area (Å²) < 4.78 is 37.8. The summed E-state index contributed by atoms with van der Waals surface area (Å²) in [5, 5.41) is 0. The molecule has 1 nitrogen and oxygen atoms in total. The van der Waals surface area contributed by atoms with Gasteiger partial charge in [0.15, 0.2) is 5.67 Å². The maximum atomic E-state index is 13.3. The van der Waals surface area contributed by atoms with Crippen molar-refractivity contribution < 1.29 is 13.2 Å². The predicted molar refractivity (Wildman–Crippen MR) is 71.2 cm³/mol. The number of alkyl halides is 3. The van der Waals surface area contributed by atoms with Gasteiger partial charge in [-0.3, -0.25) is 4.99 Å². The molecule has 0 saturated carbocycles. The van der Waals surface area contributed by atoms with Crippen LogP contribution in [0, 0.1) is 5.92 Å². The molecule has 0 aromatic heterocycles. The molecule has 1 unspecified atom stereocenters. The third kappa shape index (κ3) is 6.62. The molecule has 18 heavy (non-hydrogen) atoms. The lowest BCUT2D eigenvalue weighted by Gasteiger charge is -2.17. The third-order valence-electron chi connectivity index (χ3n) is 2.50. The maximum Gasteiger partial charge on any atom is 0.271 e. The topological polar surface area (TPSA) is 12.4 Å². The Labute approximate surface area is 107 Å². The molecule has 0 amide bonds. The Kier molecular flexibility index (Phi) is 6.96. The number of hydrogen-bond acceptors (Lipinski definition) is 1. The molecule has 0 saturated heterocycles. The van der Waals surface area contributed by atoms with Crippen molar-refractivity contribution in [1.82, 2.24) is 0 Å². The Morgan fingerprint density at radius 3 is 2.33 bits per heavy atom. The average molecular weight is 261 g/mol. The molecule has 0 fully saturated rings. The number of aliphatic imine (C=N–C) groups is 1. The third-order valence-corrected chi connectivity index (χ3v) is 2.50. The van der Waals surface area contributed by atoms with E-state index in [1.54, 1.807) is 6.21 Å². The van der Waals surface area contributed by atoms with E-state index in [0.29, 0.717) is 0 Å². The molecule has 0 N–H and O–H groups in total. The fourth-order valence-electron chi connectivity index (χ4n) is 1.20. The Bertz CT molecular complexity index is 328. The van der Waals surface area contributed by atoms with E-state index in [1.165, 1.54) is 0 Å². The molecule has 0 spiro atoms. The summed E-state index contributed by atoms with van der Waals surface area (Å²) in [5.74, 6) is 0.261. The minimum atomic E-state index is -2.97. The van der Waals surface area contributed by atoms with Gasteiger partial charge in [-0.05, 0) is 25.3 Å². The van der Waals surface area contributed by atoms with Crippen LogP contribution in [0.3, 0.4) is 0 Å². The zero-order chi connectivity index (χ0) is 14.3. The molecule has 0 rings (SSSR count). The van der Waals surface area contributed by atoms with Crippen LogP contribution in [0.15, 0.2) is 28.8 Å². The lowest BCUT2D eigenvalue weighted by atomic mass is 10.0. The van der Waals surface area contributed by atoms with E-state index >= 15 is 0 Å². The van der Waals surface area contributed by atoms with Gasteiger partial charge in [-0.25, -0.2) is 13.2 Å². The Balaban J connectivity index is 4.43. The molecule has 0 aromatic rings. The first kappa shape index (κ1) is 16.9. The van der Waals surface area contributed by atoms with Crippen molar-refractivity contribution in [2.45, 2.75) is 46.2 Å². The van der Waals surface area contributed by atoms with Gasteiger partial charge in [0, 0.05) is 19.2 Å². The second-order valence-corrected chi connectivity index (χ2v) is 5.01. The van der Waals surface area contributed by atoms with Crippen LogP contribution < -0.4 is 0 Å². The normalized spacial score (nSPS) is 16.6. The van der Waals surface area contributed by atoms with Crippen molar-refractivity contribution in [2.75, 3.05) is 6.54 Å². The molecule has 0 radical (unpaired) electrons. The van der Waals surface area contributed by atoms with Crippen LogP contribution in [0.5, 0.6) is 0 Å². The lowest BCUT2D eigenvalue weighted by Crippen LogP contribution is -2.28. The summed E-state index contributed by atoms with van der Waals surface area (Å²) in [7, 11) is 0. The fraction of sp³-hybridized carbons (Fsp3) is 0.643. The first-order chi connectivity index (χ1) is 8.16. The average Bonchev–Trinajstić information content (AvgIpc) is 2.21. The largest absolute Gasteiger partial charge is 0.293 e. The van der Waals surface area contributed by atoms with Gasteiger partial charge in [-0.2, -0.15) is 0 Å². The van der Waals surface area contributed by atoms with E-state index in [2.05, 4.69) is 11.6 Å². The van der Waals surface area contributed by atoms with Crippen LogP contribution in [0.4, 0.5) is 13.2 Å². The number of allylic oxidation sites excluding steroid dienone is 3. The maximum absolute atomic E-state index is 13.3. The molecule has 0 aliphatic rings. The van der Waals surface area contributed by atoms with Crippen molar-refractivity contribution in [3.8, 4) is 0 Å². The molecule has 0 heterocycles. The Morgan fingerprint density at radius 1 is 1.39 bits per heavy atom. The zero-order valence-corrected chi connectivity index (χ0v) is 11.5. The fourth-order valence-corrected chi connectivity index (χ4v) is 1.20. The number of nitrogens with zero attached hydrogens (tertiary/aromatic N) is 1. The van der Waals surface area contributed by atoms with Crippen LogP contribution in [0.2, 0.25) is 0 Å². The van der Waals surface area contributed by atoms with Gasteiger partial charge in [0.05, 0.1) is 0 Å². The van der Waals surface area contributed by atoms with Crippen molar-refractivity contribution >= 4 is 6.21 Å². The van der Waals surface area contributed by atoms with Gasteiger partial charge in [0.25, 0.3) is 6.43 Å². The van der Waals surface area contributed by atoms with E-state index in [1.807, 2.05) is 26.8 Å². The number of rotatable bonds is 7. The van der Waals surface area contributed by atoms with E-state index in [0.717, 1.165) is 18.1 Å². The number of hydrogen-bond donors (Lipinski definition) is 0. The monoisotopic (exact) mass is 261 g/mol. The molecule has 0 bridgehead atoms. The predicted octanol–water partition coefficient (Wildman–Crippen LogP) is 4.60. The van der Waals surface area contributed by atoms with Crippen LogP contribution in [0.1, 0.15) is 34.1 Å². The zero-order valence-electron chi connectivity index (χ0n) is 11.5. The SMILES string of the molecule is C=C(C)/C=C(\C=NCCC(C)(F)C(F)F)C(C)C. The summed E-state index contributed by atoms with van der Waals surface area (Å²) in [6.45, 7) is 10.6. The second kappa shape index (κ2) is 7.39. The quantitative estimate of drug-likeness (QED) is 0.469. The van der Waals surface area contributed by atoms with Gasteiger partial charge < -0.3 is 0 Å². The number of halogens is 3. The van der Waals surface area contributed by atoms with E-state index in [4.69, 9.17) is 0 Å². The van der Waals surface area contributed by atoms with E-state index in [9.17, 15) is 13.2 Å². The smallest absolute Gasteiger partial charge is 0.271 e. The highest BCUT2D eigenvalue weighted by atomic mass is 19.3. The van der Waals surface area contributed by atoms with Crippen molar-refractivity contribution in [2.24, 2.45) is 10.9 Å². The van der Waals surface area contributed by atoms with Gasteiger partial charge >= 0.3 is 0 Å². The van der Waals surface area contributed by atoms with E-state index in [-0.39, 0.29) is 18.9 Å². The van der Waals surface area contributed by atoms with Gasteiger partial charge in [0.2, 0.25) is 0 Å². The van der Waals surface area contributed by atoms with Crippen LogP contribution in [-0.2, 0) is 0 Å². The highest BCUT2D eigenvalue weighted by molar-refractivity contribution is 5.79. The standard InChI is InChI=1S/C14H22F3N/c1-10(2)8-12(11(3)4)9-18-7-6-14(5,17)13(15)16/h8-9,11,13H,1,6-7H2,2-5H3/b12-8+,18-9?. The molecule has 4 heteroatoms. The second-order valence-electron chi connectivity index (χ2n) is 5.01. The highest BCUT2D eigenvalue weighted by Crippen LogP contribution is 2.24. The molecular weight excluding hydrogens is 239 g/mol. The summed E-state index contributed by atoms with van der Waals surface area (Å²) in [6.07, 6.45) is 0.249. The molecule has 1 atom stereocenters. The van der Waals surface area contributed by atoms with Gasteiger partial charge in [0.1, 0.15) is 0 Å². The summed E-state index contributed by atoms with van der Waals surface area (Å²) in [5.41, 5.74) is -0.610. The Morgan fingerprint density at radius 2 is 1.94 bits per heavy atom. The van der Waals surface area contributed by atoms with Gasteiger partial charge in [-0.15, -0.1) is 0 Å². The Hall–Kier alpha value is -1.06. The molecule has 0 aliphatic heterocycles. The van der Waals surface area contributed by atoms with Gasteiger partial charge in [-0.1, -0.05) is 32.1 Å². The highest BCUT2D eigenvalue weighted by Gasteiger charge is 2.33. The minimum Gasteiger partial charge on any atom is -0.293 e. The molecular formula is C14H22F3N. The van der Waals surface area contributed by atoms with Crippen LogP contribution in [0.25, 0.3) is 0 Å². The van der Waals surface area contributed by atoms with Crippen molar-refractivity contribution in [1.29, 1.82) is 0 Å². The first-order valence-corrected chi connectivity index (χ1v) is 6.01. The molecule has 104 valence electrons. The van der Waals surface area contributed by atoms with Crippen molar-refractivity contribution in [3.05, 3.63) is 23.8 Å². The molecule has 0 aliphatic carbocycles. The van der Waals surface area contributed by atoms with Crippen LogP contribution in [-0.4, -0.2) is 24.9 Å². The first-order valence-electron chi connectivity index (χ1n) is 6.01. The summed E-state index contributed by atoms with van der Waals surface area (Å²) in [6, 6.07) is 0. The van der Waals surface area contributed by atoms with E-state index < -0.39 is 12.1 Å². The molecule has 0 aromatic carbocycles. The van der Waals surface area contributed by atoms with Crippen molar-refractivity contribution in [3.63, 3.8) is 0 Å². The summed E-state index contributed by atoms with van der Waals surface area (Å²) in [4.78, 5) is 4.01. The van der Waals surface area contributed by atoms with Crippen LogP contribution >= 0.6 is 0 Å².